The number of anilines is 1. The van der Waals surface area contributed by atoms with Crippen molar-refractivity contribution in [2.24, 2.45) is 17.2 Å². The highest BCUT2D eigenvalue weighted by atomic mass is 16.4. The van der Waals surface area contributed by atoms with Crippen LogP contribution in [0.1, 0.15) is 69.2 Å². The van der Waals surface area contributed by atoms with Crippen LogP contribution < -0.4 is 22.5 Å². The number of rotatable bonds is 6. The van der Waals surface area contributed by atoms with Gasteiger partial charge >= 0.3 is 5.97 Å². The van der Waals surface area contributed by atoms with Gasteiger partial charge in [-0.1, -0.05) is 19.3 Å². The maximum absolute atomic E-state index is 10.6. The van der Waals surface area contributed by atoms with Gasteiger partial charge in [0, 0.05) is 31.1 Å². The maximum atomic E-state index is 10.6. The minimum Gasteiger partial charge on any atom is -0.481 e. The van der Waals surface area contributed by atoms with E-state index < -0.39 is 18.0 Å². The van der Waals surface area contributed by atoms with Gasteiger partial charge in [-0.15, -0.1) is 0 Å². The van der Waals surface area contributed by atoms with Gasteiger partial charge in [0.1, 0.15) is 12.3 Å². The number of hydrogen-bond acceptors (Lipinski definition) is 7. The standard InChI is InChI=1S/C9H9NO2.C6H13N.C5H12N2O2.C2H4O2/c1-7(12)10-9-4-2-8(6-11)3-5-9;7-6-4-2-1-3-5-6;6-3-1-2-4(7)5(8)9;1-2(3)4/h2-6H,1H3,(H,10,12);6H,1-5,7H2;4H,1-3,6-7H2,(H,8,9);1H3,(H,3,4)/t;;4-;/m..0./s1. The van der Waals surface area contributed by atoms with Crippen molar-refractivity contribution >= 4 is 29.8 Å². The number of amides is 1. The molecule has 1 aliphatic rings. The third-order valence-electron chi connectivity index (χ3n) is 4.05. The van der Waals surface area contributed by atoms with Crippen molar-refractivity contribution in [3.8, 4) is 0 Å². The molecule has 1 fully saturated rings. The molecule has 0 heterocycles. The van der Waals surface area contributed by atoms with E-state index in [-0.39, 0.29) is 5.91 Å². The van der Waals surface area contributed by atoms with Crippen LogP contribution in [-0.2, 0) is 14.4 Å². The number of carboxylic acid groups (broad SMARTS) is 2. The Hall–Kier alpha value is -2.82. The predicted molar refractivity (Wildman–Crippen MR) is 124 cm³/mol. The minimum atomic E-state index is -0.955. The molecule has 0 spiro atoms. The van der Waals surface area contributed by atoms with Gasteiger partial charge < -0.3 is 32.7 Å². The summed E-state index contributed by atoms with van der Waals surface area (Å²) in [4.78, 5) is 39.9. The van der Waals surface area contributed by atoms with Crippen LogP contribution in [0.4, 0.5) is 5.69 Å². The van der Waals surface area contributed by atoms with Crippen molar-refractivity contribution in [1.82, 2.24) is 0 Å². The molecule has 1 aliphatic carbocycles. The third-order valence-corrected chi connectivity index (χ3v) is 4.05. The lowest BCUT2D eigenvalue weighted by atomic mass is 9.97. The van der Waals surface area contributed by atoms with Gasteiger partial charge in [-0.05, 0) is 56.5 Å². The number of aldehydes is 1. The van der Waals surface area contributed by atoms with E-state index >= 15 is 0 Å². The Morgan fingerprint density at radius 3 is 1.91 bits per heavy atom. The fourth-order valence-corrected chi connectivity index (χ4v) is 2.44. The smallest absolute Gasteiger partial charge is 0.320 e. The molecule has 0 radical (unpaired) electrons. The summed E-state index contributed by atoms with van der Waals surface area (Å²) in [5.74, 6) is -1.91. The van der Waals surface area contributed by atoms with Crippen LogP contribution in [0.5, 0.6) is 0 Å². The molecule has 10 nitrogen and oxygen atoms in total. The number of aliphatic carboxylic acids is 2. The molecule has 1 amide bonds. The Morgan fingerprint density at radius 2 is 1.59 bits per heavy atom. The van der Waals surface area contributed by atoms with Crippen molar-refractivity contribution in [3.05, 3.63) is 29.8 Å². The molecule has 32 heavy (non-hydrogen) atoms. The van der Waals surface area contributed by atoms with Crippen molar-refractivity contribution in [1.29, 1.82) is 0 Å². The lowest BCUT2D eigenvalue weighted by Crippen LogP contribution is -2.30. The second kappa shape index (κ2) is 20.1. The first-order valence-electron chi connectivity index (χ1n) is 10.5. The number of carbonyl (C=O) groups excluding carboxylic acids is 2. The topological polar surface area (TPSA) is 199 Å². The summed E-state index contributed by atoms with van der Waals surface area (Å²) >= 11 is 0. The first kappa shape index (κ1) is 31.4. The molecule has 2 rings (SSSR count). The van der Waals surface area contributed by atoms with Crippen LogP contribution in [0.2, 0.25) is 0 Å². The highest BCUT2D eigenvalue weighted by molar-refractivity contribution is 5.89. The minimum absolute atomic E-state index is 0.117. The van der Waals surface area contributed by atoms with Crippen LogP contribution in [-0.4, -0.2) is 53.0 Å². The lowest BCUT2D eigenvalue weighted by molar-refractivity contribution is -0.138. The van der Waals surface area contributed by atoms with Crippen molar-refractivity contribution < 1.29 is 29.4 Å². The van der Waals surface area contributed by atoms with Gasteiger partial charge in [0.15, 0.2) is 0 Å². The Morgan fingerprint density at radius 1 is 1.09 bits per heavy atom. The molecule has 1 atom stereocenters. The van der Waals surface area contributed by atoms with Gasteiger partial charge in [-0.25, -0.2) is 0 Å². The van der Waals surface area contributed by atoms with E-state index in [2.05, 4.69) is 5.32 Å². The molecule has 0 unspecified atom stereocenters. The Balaban J connectivity index is 0. The monoisotopic (exact) mass is 454 g/mol. The molecule has 1 aromatic carbocycles. The highest BCUT2D eigenvalue weighted by Gasteiger charge is 2.08. The van der Waals surface area contributed by atoms with E-state index in [1.54, 1.807) is 24.3 Å². The molecule has 1 saturated carbocycles. The summed E-state index contributed by atoms with van der Waals surface area (Å²) in [6.45, 7) is 3.02. The molecule has 0 saturated heterocycles. The predicted octanol–water partition coefficient (Wildman–Crippen LogP) is 1.96. The first-order valence-corrected chi connectivity index (χ1v) is 10.5. The van der Waals surface area contributed by atoms with E-state index in [1.807, 2.05) is 0 Å². The lowest BCUT2D eigenvalue weighted by Gasteiger charge is -2.15. The number of nitrogens with one attached hydrogen (secondary N) is 1. The normalized spacial score (nSPS) is 13.4. The molecule has 0 bridgehead atoms. The van der Waals surface area contributed by atoms with Crippen molar-refractivity contribution in [3.63, 3.8) is 0 Å². The first-order chi connectivity index (χ1) is 15.0. The number of nitrogens with two attached hydrogens (primary N) is 3. The summed E-state index contributed by atoms with van der Waals surface area (Å²) in [5.41, 5.74) is 17.2. The zero-order valence-corrected chi connectivity index (χ0v) is 19.0. The number of carboxylic acids is 2. The van der Waals surface area contributed by atoms with E-state index in [1.165, 1.54) is 39.0 Å². The molecule has 0 aliphatic heterocycles. The van der Waals surface area contributed by atoms with Gasteiger partial charge in [0.25, 0.3) is 5.97 Å². The van der Waals surface area contributed by atoms with E-state index in [0.29, 0.717) is 36.7 Å². The van der Waals surface area contributed by atoms with Gasteiger partial charge in [0.05, 0.1) is 0 Å². The second-order valence-corrected chi connectivity index (χ2v) is 7.21. The fourth-order valence-electron chi connectivity index (χ4n) is 2.44. The maximum Gasteiger partial charge on any atom is 0.320 e. The van der Waals surface area contributed by atoms with Gasteiger partial charge in [0.2, 0.25) is 5.91 Å². The van der Waals surface area contributed by atoms with Crippen LogP contribution in [0.15, 0.2) is 24.3 Å². The molecular weight excluding hydrogens is 416 g/mol. The number of carbonyl (C=O) groups is 4. The zero-order valence-electron chi connectivity index (χ0n) is 19.0. The van der Waals surface area contributed by atoms with Crippen LogP contribution in [0.25, 0.3) is 0 Å². The third kappa shape index (κ3) is 21.9. The second-order valence-electron chi connectivity index (χ2n) is 7.21. The Kier molecular flexibility index (Phi) is 19.7. The molecule has 0 aromatic heterocycles. The van der Waals surface area contributed by atoms with E-state index in [4.69, 9.17) is 32.2 Å². The van der Waals surface area contributed by atoms with E-state index in [0.717, 1.165) is 13.2 Å². The summed E-state index contributed by atoms with van der Waals surface area (Å²) in [6.07, 6.45) is 8.56. The summed E-state index contributed by atoms with van der Waals surface area (Å²) in [7, 11) is 0. The zero-order chi connectivity index (χ0) is 24.9. The van der Waals surface area contributed by atoms with Gasteiger partial charge in [-0.2, -0.15) is 0 Å². The van der Waals surface area contributed by atoms with Crippen LogP contribution in [0.3, 0.4) is 0 Å². The fraction of sp³-hybridized carbons (Fsp3) is 0.545. The molecule has 9 N–H and O–H groups in total. The summed E-state index contributed by atoms with van der Waals surface area (Å²) < 4.78 is 0. The van der Waals surface area contributed by atoms with Crippen molar-refractivity contribution in [2.75, 3.05) is 11.9 Å². The Labute approximate surface area is 189 Å². The van der Waals surface area contributed by atoms with Crippen LogP contribution >= 0.6 is 0 Å². The molecule has 1 aromatic rings. The largest absolute Gasteiger partial charge is 0.481 e. The molecule has 10 heteroatoms. The number of benzene rings is 1. The quantitative estimate of drug-likeness (QED) is 0.348. The molecular formula is C22H38N4O6. The summed E-state index contributed by atoms with van der Waals surface area (Å²) in [5, 5.41) is 18.3. The molecule has 182 valence electrons. The van der Waals surface area contributed by atoms with E-state index in [9.17, 15) is 14.4 Å². The number of hydrogen-bond donors (Lipinski definition) is 6. The average Bonchev–Trinajstić information content (AvgIpc) is 2.73. The SMILES string of the molecule is CC(=O)Nc1ccc(C=O)cc1.CC(=O)O.NC1CCCCC1.NCCC[C@H](N)C(=O)O. The van der Waals surface area contributed by atoms with Crippen molar-refractivity contribution in [2.45, 2.75) is 70.9 Å². The van der Waals surface area contributed by atoms with Crippen LogP contribution in [0, 0.1) is 0 Å². The highest BCUT2D eigenvalue weighted by Crippen LogP contribution is 2.14. The van der Waals surface area contributed by atoms with Gasteiger partial charge in [-0.3, -0.25) is 19.2 Å². The average molecular weight is 455 g/mol. The summed E-state index contributed by atoms with van der Waals surface area (Å²) in [6, 6.07) is 6.47. The Bertz CT molecular complexity index is 657.